The number of hydrogen-bond donors (Lipinski definition) is 4. The number of primary amides is 1. The second-order valence-corrected chi connectivity index (χ2v) is 4.84. The molecule has 0 aromatic heterocycles. The fraction of sp³-hybridized carbons (Fsp3) is 0.312. The summed E-state index contributed by atoms with van der Waals surface area (Å²) in [7, 11) is 1.23. The summed E-state index contributed by atoms with van der Waals surface area (Å²) in [5, 5.41) is 2.67. The molecule has 1 rings (SSSR count). The number of carbonyl (C=O) groups excluding carboxylic acids is 3. The second-order valence-electron chi connectivity index (χ2n) is 4.84. The van der Waals surface area contributed by atoms with Crippen molar-refractivity contribution in [2.75, 3.05) is 19.0 Å². The molecular weight excluding hydrogens is 312 g/mol. The molecule has 2 amide bonds. The molecule has 8 heteroatoms. The third-order valence-corrected chi connectivity index (χ3v) is 2.99. The summed E-state index contributed by atoms with van der Waals surface area (Å²) in [4.78, 5) is 34.5. The van der Waals surface area contributed by atoms with Crippen LogP contribution in [0, 0.1) is 11.8 Å². The van der Waals surface area contributed by atoms with E-state index in [2.05, 4.69) is 21.9 Å². The Bertz CT molecular complexity index is 691. The highest BCUT2D eigenvalue weighted by Crippen LogP contribution is 2.17. The highest BCUT2D eigenvalue weighted by Gasteiger charge is 2.13. The number of nitrogens with two attached hydrogens (primary N) is 3. The van der Waals surface area contributed by atoms with Crippen molar-refractivity contribution in [1.82, 2.24) is 0 Å². The van der Waals surface area contributed by atoms with Crippen molar-refractivity contribution in [1.29, 1.82) is 0 Å². The van der Waals surface area contributed by atoms with Crippen molar-refractivity contribution in [3.8, 4) is 11.8 Å². The predicted octanol–water partition coefficient (Wildman–Crippen LogP) is -0.685. The predicted molar refractivity (Wildman–Crippen MR) is 88.7 cm³/mol. The zero-order valence-corrected chi connectivity index (χ0v) is 13.3. The van der Waals surface area contributed by atoms with Crippen molar-refractivity contribution in [2.45, 2.75) is 18.9 Å². The van der Waals surface area contributed by atoms with Crippen molar-refractivity contribution in [3.63, 3.8) is 0 Å². The van der Waals surface area contributed by atoms with Gasteiger partial charge in [-0.2, -0.15) is 0 Å². The van der Waals surface area contributed by atoms with E-state index in [1.807, 2.05) is 0 Å². The van der Waals surface area contributed by atoms with Crippen LogP contribution < -0.4 is 22.5 Å². The molecule has 0 bridgehead atoms. The zero-order chi connectivity index (χ0) is 18.1. The van der Waals surface area contributed by atoms with Gasteiger partial charge in [-0.25, -0.2) is 4.79 Å². The quantitative estimate of drug-likeness (QED) is 0.400. The van der Waals surface area contributed by atoms with E-state index in [-0.39, 0.29) is 23.5 Å². The Morgan fingerprint density at radius 3 is 2.62 bits per heavy atom. The van der Waals surface area contributed by atoms with Gasteiger partial charge in [0.2, 0.25) is 11.8 Å². The molecule has 0 fully saturated rings. The van der Waals surface area contributed by atoms with E-state index in [1.54, 1.807) is 6.07 Å². The van der Waals surface area contributed by atoms with Crippen molar-refractivity contribution in [2.24, 2.45) is 17.2 Å². The molecule has 1 aromatic rings. The van der Waals surface area contributed by atoms with Gasteiger partial charge in [0.15, 0.2) is 0 Å². The van der Waals surface area contributed by atoms with E-state index in [1.165, 1.54) is 19.2 Å². The number of anilines is 1. The maximum absolute atomic E-state index is 11.8. The maximum Gasteiger partial charge on any atom is 0.339 e. The molecule has 0 heterocycles. The summed E-state index contributed by atoms with van der Waals surface area (Å²) in [5.41, 5.74) is 16.7. The Morgan fingerprint density at radius 1 is 1.33 bits per heavy atom. The van der Waals surface area contributed by atoms with Crippen LogP contribution in [0.4, 0.5) is 5.69 Å². The van der Waals surface area contributed by atoms with Gasteiger partial charge in [-0.05, 0) is 31.2 Å². The standard InChI is InChI=1S/C16H20N4O4/c1-24-16(23)12-6-5-11(20-14(21)3-2-8-17)9-10(12)4-7-13(18)15(19)22/h5-6,9,13H,2-3,8,17-18H2,1H3,(H2,19,22)(H,20,21). The number of rotatable bonds is 6. The molecule has 0 radical (unpaired) electrons. The van der Waals surface area contributed by atoms with Gasteiger partial charge in [-0.15, -0.1) is 0 Å². The first kappa shape index (κ1) is 19.2. The lowest BCUT2D eigenvalue weighted by Gasteiger charge is -2.08. The lowest BCUT2D eigenvalue weighted by molar-refractivity contribution is -0.118. The van der Waals surface area contributed by atoms with E-state index < -0.39 is 17.9 Å². The molecule has 1 unspecified atom stereocenters. The first-order chi connectivity index (χ1) is 11.4. The van der Waals surface area contributed by atoms with Crippen molar-refractivity contribution >= 4 is 23.5 Å². The van der Waals surface area contributed by atoms with Gasteiger partial charge < -0.3 is 27.3 Å². The number of ether oxygens (including phenoxy) is 1. The van der Waals surface area contributed by atoms with Gasteiger partial charge in [0, 0.05) is 17.7 Å². The molecule has 0 aliphatic carbocycles. The number of benzene rings is 1. The molecular formula is C16H20N4O4. The third-order valence-electron chi connectivity index (χ3n) is 2.99. The Balaban J connectivity index is 3.11. The van der Waals surface area contributed by atoms with Crippen LogP contribution in [-0.2, 0) is 14.3 Å². The topological polar surface area (TPSA) is 151 Å². The van der Waals surface area contributed by atoms with Gasteiger partial charge in [0.05, 0.1) is 12.7 Å². The summed E-state index contributed by atoms with van der Waals surface area (Å²) < 4.78 is 4.67. The van der Waals surface area contributed by atoms with E-state index in [0.29, 0.717) is 18.7 Å². The highest BCUT2D eigenvalue weighted by atomic mass is 16.5. The first-order valence-electron chi connectivity index (χ1n) is 7.17. The van der Waals surface area contributed by atoms with Crippen LogP contribution in [0.5, 0.6) is 0 Å². The monoisotopic (exact) mass is 332 g/mol. The Kier molecular flexibility index (Phi) is 7.42. The number of hydrogen-bond acceptors (Lipinski definition) is 6. The summed E-state index contributed by atoms with van der Waals surface area (Å²) >= 11 is 0. The number of amides is 2. The number of carbonyl (C=O) groups is 3. The van der Waals surface area contributed by atoms with E-state index in [9.17, 15) is 14.4 Å². The molecule has 0 spiro atoms. The van der Waals surface area contributed by atoms with Crippen molar-refractivity contribution in [3.05, 3.63) is 29.3 Å². The maximum atomic E-state index is 11.8. The van der Waals surface area contributed by atoms with Crippen LogP contribution in [0.25, 0.3) is 0 Å². The molecule has 7 N–H and O–H groups in total. The van der Waals surface area contributed by atoms with Gasteiger partial charge in [0.1, 0.15) is 6.04 Å². The fourth-order valence-electron chi connectivity index (χ4n) is 1.73. The Morgan fingerprint density at radius 2 is 2.04 bits per heavy atom. The lowest BCUT2D eigenvalue weighted by Crippen LogP contribution is -2.34. The number of nitrogens with one attached hydrogen (secondary N) is 1. The molecule has 1 aromatic carbocycles. The molecule has 0 saturated heterocycles. The Hall–Kier alpha value is -2.89. The van der Waals surface area contributed by atoms with Crippen LogP contribution >= 0.6 is 0 Å². The average Bonchev–Trinajstić information content (AvgIpc) is 2.57. The average molecular weight is 332 g/mol. The normalized spacial score (nSPS) is 11.0. The molecule has 0 saturated carbocycles. The van der Waals surface area contributed by atoms with Crippen LogP contribution in [0.3, 0.4) is 0 Å². The van der Waals surface area contributed by atoms with Crippen LogP contribution in [0.1, 0.15) is 28.8 Å². The van der Waals surface area contributed by atoms with Crippen molar-refractivity contribution < 1.29 is 19.1 Å². The van der Waals surface area contributed by atoms with Gasteiger partial charge in [-0.1, -0.05) is 11.8 Å². The summed E-state index contributed by atoms with van der Waals surface area (Å²) in [6.45, 7) is 0.413. The number of methoxy groups -OCH3 is 1. The van der Waals surface area contributed by atoms with Gasteiger partial charge in [-0.3, -0.25) is 9.59 Å². The largest absolute Gasteiger partial charge is 0.465 e. The Labute approximate surface area is 139 Å². The summed E-state index contributed by atoms with van der Waals surface area (Å²) in [6.07, 6.45) is 0.842. The molecule has 24 heavy (non-hydrogen) atoms. The molecule has 0 aliphatic rings. The minimum Gasteiger partial charge on any atom is -0.465 e. The zero-order valence-electron chi connectivity index (χ0n) is 13.3. The van der Waals surface area contributed by atoms with Crippen LogP contribution in [0.15, 0.2) is 18.2 Å². The SMILES string of the molecule is COC(=O)c1ccc(NC(=O)CCCN)cc1C#CC(N)C(N)=O. The van der Waals surface area contributed by atoms with E-state index in [4.69, 9.17) is 17.2 Å². The summed E-state index contributed by atoms with van der Waals surface area (Å²) in [6, 6.07) is 3.34. The van der Waals surface area contributed by atoms with E-state index in [0.717, 1.165) is 0 Å². The van der Waals surface area contributed by atoms with Gasteiger partial charge in [0.25, 0.3) is 0 Å². The smallest absolute Gasteiger partial charge is 0.339 e. The first-order valence-corrected chi connectivity index (χ1v) is 7.17. The minimum absolute atomic E-state index is 0.182. The molecule has 0 aliphatic heterocycles. The fourth-order valence-corrected chi connectivity index (χ4v) is 1.73. The second kappa shape index (κ2) is 9.29. The van der Waals surface area contributed by atoms with E-state index >= 15 is 0 Å². The third kappa shape index (κ3) is 5.72. The van der Waals surface area contributed by atoms with Crippen LogP contribution in [-0.4, -0.2) is 37.5 Å². The minimum atomic E-state index is -1.17. The lowest BCUT2D eigenvalue weighted by atomic mass is 10.1. The molecule has 1 atom stereocenters. The molecule has 8 nitrogen and oxygen atoms in total. The molecule has 128 valence electrons. The van der Waals surface area contributed by atoms with Gasteiger partial charge >= 0.3 is 5.97 Å². The number of esters is 1. The highest BCUT2D eigenvalue weighted by molar-refractivity contribution is 5.95. The summed E-state index contributed by atoms with van der Waals surface area (Å²) in [5.74, 6) is 3.47. The van der Waals surface area contributed by atoms with Crippen LogP contribution in [0.2, 0.25) is 0 Å².